The van der Waals surface area contributed by atoms with Crippen LogP contribution in [0.15, 0.2) is 170 Å². The second-order valence-electron chi connectivity index (χ2n) is 18.6. The number of H-pyrrole nitrogens is 4. The van der Waals surface area contributed by atoms with Crippen molar-refractivity contribution in [1.29, 1.82) is 0 Å². The molecule has 11 rings (SSSR count). The molecular formula is C63H63N9O8. The Bertz CT molecular complexity index is 3700. The van der Waals surface area contributed by atoms with E-state index in [1.54, 1.807) is 43.5 Å². The number of nitrogens with zero attached hydrogens (tertiary/aromatic N) is 5. The van der Waals surface area contributed by atoms with Crippen molar-refractivity contribution in [2.45, 2.75) is 54.9 Å². The summed E-state index contributed by atoms with van der Waals surface area (Å²) in [5.41, 5.74) is 15.9. The van der Waals surface area contributed by atoms with Crippen LogP contribution in [-0.2, 0) is 6.42 Å². The van der Waals surface area contributed by atoms with Crippen LogP contribution in [0.4, 0.5) is 0 Å². The normalized spacial score (nSPS) is 10.6. The van der Waals surface area contributed by atoms with Gasteiger partial charge in [-0.2, -0.15) is 20.4 Å². The Balaban J connectivity index is 0.000000149. The maximum atomic E-state index is 10.0. The third-order valence-corrected chi connectivity index (χ3v) is 12.5. The highest BCUT2D eigenvalue weighted by atomic mass is 16.3. The van der Waals surface area contributed by atoms with Gasteiger partial charge in [-0.25, -0.2) is 0 Å². The van der Waals surface area contributed by atoms with Gasteiger partial charge in [0.15, 0.2) is 0 Å². The van der Waals surface area contributed by atoms with E-state index >= 15 is 0 Å². The number of rotatable bonds is 8. The van der Waals surface area contributed by atoms with Gasteiger partial charge in [-0.05, 0) is 132 Å². The Morgan fingerprint density at radius 3 is 1.30 bits per heavy atom. The van der Waals surface area contributed by atoms with Gasteiger partial charge in [0.2, 0.25) is 0 Å². The molecule has 0 aliphatic carbocycles. The summed E-state index contributed by atoms with van der Waals surface area (Å²) >= 11 is 0. The molecule has 11 aromatic rings. The lowest BCUT2D eigenvalue weighted by Crippen LogP contribution is -1.88. The van der Waals surface area contributed by atoms with Crippen LogP contribution in [0.5, 0.6) is 46.0 Å². The maximum absolute atomic E-state index is 10.0. The number of aromatic amines is 4. The first-order valence-electron chi connectivity index (χ1n) is 25.3. The van der Waals surface area contributed by atoms with E-state index in [0.717, 1.165) is 62.7 Å². The van der Waals surface area contributed by atoms with Gasteiger partial charge in [0, 0.05) is 98.4 Å². The van der Waals surface area contributed by atoms with E-state index in [4.69, 9.17) is 0 Å². The molecule has 408 valence electrons. The van der Waals surface area contributed by atoms with Gasteiger partial charge in [-0.3, -0.25) is 25.4 Å². The summed E-state index contributed by atoms with van der Waals surface area (Å²) in [6, 6.07) is 42.1. The molecule has 5 aromatic heterocycles. The molecule has 0 saturated heterocycles. The van der Waals surface area contributed by atoms with Crippen LogP contribution < -0.4 is 0 Å². The number of hydrogen-bond donors (Lipinski definition) is 12. The van der Waals surface area contributed by atoms with Crippen molar-refractivity contribution in [3.63, 3.8) is 0 Å². The quantitative estimate of drug-likeness (QED) is 0.0631. The number of phenolic OH excluding ortho intramolecular Hbond substituents is 8. The van der Waals surface area contributed by atoms with Crippen molar-refractivity contribution in [3.05, 3.63) is 210 Å². The number of phenols is 8. The predicted molar refractivity (Wildman–Crippen MR) is 311 cm³/mol. The van der Waals surface area contributed by atoms with Crippen molar-refractivity contribution in [1.82, 2.24) is 45.8 Å². The molecule has 0 atom stereocenters. The fourth-order valence-electron chi connectivity index (χ4n) is 8.38. The Morgan fingerprint density at radius 1 is 0.425 bits per heavy atom. The van der Waals surface area contributed by atoms with Gasteiger partial charge >= 0.3 is 0 Å². The van der Waals surface area contributed by atoms with Crippen LogP contribution in [-0.4, -0.2) is 86.6 Å². The number of hydrogen-bond acceptors (Lipinski definition) is 13. The molecule has 12 N–H and O–H groups in total. The molecule has 0 saturated carbocycles. The van der Waals surface area contributed by atoms with E-state index in [-0.39, 0.29) is 46.0 Å². The number of allylic oxidation sites excluding steroid dienone is 2. The van der Waals surface area contributed by atoms with Crippen molar-refractivity contribution < 1.29 is 40.9 Å². The Kier molecular flexibility index (Phi) is 18.9. The number of aryl methyl sites for hydroxylation is 6. The van der Waals surface area contributed by atoms with Crippen LogP contribution in [0, 0.1) is 41.5 Å². The lowest BCUT2D eigenvalue weighted by Gasteiger charge is -2.06. The van der Waals surface area contributed by atoms with E-state index < -0.39 is 0 Å². The summed E-state index contributed by atoms with van der Waals surface area (Å²) in [5, 5.41) is 106. The standard InChI is InChI=1S/2C16H14N2O2.C14H16N2O2.C11H12N2O2.C6H7N/c2*1-10-15(11-5-3-2-4-6-11)16(18-17-10)13-8-7-12(19)9-14(13)20;1-3-4-5-11-9(2)15-16-14(11)12-7-6-10(17)8-13(12)18;1-6-3-8(11(15)5-10(6)14)9-4-7(2)12-13-9;1-6-3-2-4-7-5-6/h2*2-9,19-20H,1H3,(H,17,18);3-4,6-8,17-18H,5H2,1-2H3,(H,15,16);3-5,14-15H,1-2H3,(H,12,13);2-5H,1H3/b;;4-3-;;. The van der Waals surface area contributed by atoms with Crippen molar-refractivity contribution in [2.24, 2.45) is 0 Å². The van der Waals surface area contributed by atoms with Crippen molar-refractivity contribution in [2.75, 3.05) is 0 Å². The second-order valence-corrected chi connectivity index (χ2v) is 18.6. The fraction of sp³-hybridized carbons (Fsp3) is 0.127. The van der Waals surface area contributed by atoms with Gasteiger partial charge in [0.05, 0.1) is 11.4 Å². The van der Waals surface area contributed by atoms with Crippen LogP contribution >= 0.6 is 0 Å². The van der Waals surface area contributed by atoms with Crippen molar-refractivity contribution >= 4 is 0 Å². The van der Waals surface area contributed by atoms with Gasteiger partial charge in [0.1, 0.15) is 57.4 Å². The third-order valence-electron chi connectivity index (χ3n) is 12.5. The molecule has 0 amide bonds. The van der Waals surface area contributed by atoms with E-state index in [9.17, 15) is 40.9 Å². The molecule has 17 nitrogen and oxygen atoms in total. The minimum Gasteiger partial charge on any atom is -0.508 e. The van der Waals surface area contributed by atoms with E-state index in [1.165, 1.54) is 42.0 Å². The Morgan fingerprint density at radius 2 is 0.887 bits per heavy atom. The summed E-state index contributed by atoms with van der Waals surface area (Å²) in [6.07, 6.45) is 8.38. The smallest absolute Gasteiger partial charge is 0.128 e. The second kappa shape index (κ2) is 26.5. The van der Waals surface area contributed by atoms with Crippen LogP contribution in [0.2, 0.25) is 0 Å². The van der Waals surface area contributed by atoms with E-state index in [1.807, 2.05) is 139 Å². The van der Waals surface area contributed by atoms with Crippen LogP contribution in [0.25, 0.3) is 67.3 Å². The lowest BCUT2D eigenvalue weighted by molar-refractivity contribution is 0.448. The lowest BCUT2D eigenvalue weighted by atomic mass is 9.99. The summed E-state index contributed by atoms with van der Waals surface area (Å²) in [7, 11) is 0. The molecule has 0 aliphatic rings. The molecule has 0 spiro atoms. The Hall–Kier alpha value is -10.6. The summed E-state index contributed by atoms with van der Waals surface area (Å²) in [6.45, 7) is 13.5. The first-order valence-corrected chi connectivity index (χ1v) is 25.3. The van der Waals surface area contributed by atoms with Gasteiger partial charge in [-0.1, -0.05) is 78.9 Å². The summed E-state index contributed by atoms with van der Waals surface area (Å²) in [4.78, 5) is 3.88. The van der Waals surface area contributed by atoms with Crippen LogP contribution in [0.3, 0.4) is 0 Å². The van der Waals surface area contributed by atoms with Gasteiger partial charge in [-0.15, -0.1) is 0 Å². The molecule has 0 aliphatic heterocycles. The van der Waals surface area contributed by atoms with Crippen molar-refractivity contribution in [3.8, 4) is 113 Å². The molecule has 80 heavy (non-hydrogen) atoms. The molecule has 0 radical (unpaired) electrons. The first-order chi connectivity index (χ1) is 38.4. The molecular weight excluding hydrogens is 1010 g/mol. The zero-order valence-corrected chi connectivity index (χ0v) is 45.2. The minimum absolute atomic E-state index is 0.00804. The highest BCUT2D eigenvalue weighted by Crippen LogP contribution is 2.41. The first kappa shape index (κ1) is 57.2. The molecule has 6 aromatic carbocycles. The average Bonchev–Trinajstić information content (AvgIpc) is 4.27. The number of aromatic nitrogens is 9. The Labute approximate surface area is 462 Å². The SMILES string of the molecule is C/C=C\Cc1c(-c2ccc(O)cc2O)n[nH]c1C.Cc1[nH]nc(-c2ccc(O)cc2O)c1-c1ccccc1.Cc1[nH]nc(-c2ccc(O)cc2O)c1-c1ccccc1.Cc1cc(-c2cc(C)c(O)cc2O)n[nH]1.Cc1cccnc1. The van der Waals surface area contributed by atoms with E-state index in [2.05, 4.69) is 45.8 Å². The third kappa shape index (κ3) is 14.3. The predicted octanol–water partition coefficient (Wildman–Crippen LogP) is 13.3. The van der Waals surface area contributed by atoms with Crippen LogP contribution in [0.1, 0.15) is 46.4 Å². The molecule has 5 heterocycles. The molecule has 0 unspecified atom stereocenters. The molecule has 0 fully saturated rings. The fourth-order valence-corrected chi connectivity index (χ4v) is 8.38. The average molecular weight is 1070 g/mol. The number of aromatic hydroxyl groups is 8. The summed E-state index contributed by atoms with van der Waals surface area (Å²) < 4.78 is 0. The zero-order valence-electron chi connectivity index (χ0n) is 45.2. The molecule has 0 bridgehead atoms. The highest BCUT2D eigenvalue weighted by molar-refractivity contribution is 5.86. The highest BCUT2D eigenvalue weighted by Gasteiger charge is 2.19. The summed E-state index contributed by atoms with van der Waals surface area (Å²) in [5.74, 6) is 0.261. The number of benzene rings is 6. The minimum atomic E-state index is 0.00804. The topological polar surface area (TPSA) is 289 Å². The monoisotopic (exact) mass is 1070 g/mol. The molecule has 17 heteroatoms. The van der Waals surface area contributed by atoms with E-state index in [0.29, 0.717) is 44.9 Å². The van der Waals surface area contributed by atoms with Gasteiger partial charge < -0.3 is 40.9 Å². The number of nitrogens with one attached hydrogen (secondary N) is 4. The number of pyridine rings is 1. The zero-order chi connectivity index (χ0) is 57.5. The maximum Gasteiger partial charge on any atom is 0.128 e. The van der Waals surface area contributed by atoms with Gasteiger partial charge in [0.25, 0.3) is 0 Å². The largest absolute Gasteiger partial charge is 0.508 e.